The number of nitro groups is 1. The molecule has 2 aromatic carbocycles. The van der Waals surface area contributed by atoms with E-state index in [1.807, 2.05) is 6.92 Å². The molecule has 0 saturated heterocycles. The molecule has 3 rings (SSSR count). The van der Waals surface area contributed by atoms with Gasteiger partial charge in [0.25, 0.3) is 5.69 Å². The van der Waals surface area contributed by atoms with Gasteiger partial charge in [0, 0.05) is 35.6 Å². The largest absolute Gasteiger partial charge is 0.488 e. The van der Waals surface area contributed by atoms with Gasteiger partial charge in [0.2, 0.25) is 0 Å². The molecule has 1 N–H and O–H groups in total. The van der Waals surface area contributed by atoms with Crippen molar-refractivity contribution in [2.24, 2.45) is 0 Å². The molecule has 0 fully saturated rings. The lowest BCUT2D eigenvalue weighted by Crippen LogP contribution is -2.24. The Hall–Kier alpha value is -3.29. The summed E-state index contributed by atoms with van der Waals surface area (Å²) >= 11 is 0. The van der Waals surface area contributed by atoms with E-state index in [1.165, 1.54) is 18.3 Å². The maximum Gasteiger partial charge on any atom is 0.278 e. The third-order valence-electron chi connectivity index (χ3n) is 3.78. The Bertz CT molecular complexity index is 966. The van der Waals surface area contributed by atoms with E-state index in [4.69, 9.17) is 4.74 Å². The number of anilines is 1. The summed E-state index contributed by atoms with van der Waals surface area (Å²) in [4.78, 5) is 14.6. The number of benzene rings is 2. The minimum Gasteiger partial charge on any atom is -0.488 e. The molecule has 0 aliphatic heterocycles. The number of nitrogens with one attached hydrogen (secondary N) is 1. The molecule has 0 bridgehead atoms. The van der Waals surface area contributed by atoms with Crippen molar-refractivity contribution < 1.29 is 18.4 Å². The molecule has 0 radical (unpaired) electrons. The SMILES string of the molecule is CC(COc1ccc(F)cc1F)Nc1ccc([N+](=O)[O-])c2cnccc12. The third-order valence-corrected chi connectivity index (χ3v) is 3.78. The summed E-state index contributed by atoms with van der Waals surface area (Å²) in [5.74, 6) is -1.49. The van der Waals surface area contributed by atoms with E-state index in [0.717, 1.165) is 12.1 Å². The third kappa shape index (κ3) is 3.69. The average molecular weight is 359 g/mol. The summed E-state index contributed by atoms with van der Waals surface area (Å²) in [6.45, 7) is 1.93. The monoisotopic (exact) mass is 359 g/mol. The maximum atomic E-state index is 13.6. The molecular formula is C18H15F2N3O3. The van der Waals surface area contributed by atoms with Crippen LogP contribution in [0.25, 0.3) is 10.8 Å². The predicted octanol–water partition coefficient (Wildman–Crippen LogP) is 4.30. The second-order valence-corrected chi connectivity index (χ2v) is 5.74. The molecule has 8 heteroatoms. The van der Waals surface area contributed by atoms with Crippen LogP contribution >= 0.6 is 0 Å². The number of aromatic nitrogens is 1. The number of hydrogen-bond acceptors (Lipinski definition) is 5. The lowest BCUT2D eigenvalue weighted by Gasteiger charge is -2.18. The molecule has 0 spiro atoms. The fourth-order valence-electron chi connectivity index (χ4n) is 2.57. The summed E-state index contributed by atoms with van der Waals surface area (Å²) in [6.07, 6.45) is 2.99. The van der Waals surface area contributed by atoms with Crippen LogP contribution in [0.3, 0.4) is 0 Å². The summed E-state index contributed by atoms with van der Waals surface area (Å²) in [5.41, 5.74) is 0.639. The van der Waals surface area contributed by atoms with Crippen molar-refractivity contribution in [3.8, 4) is 5.75 Å². The maximum absolute atomic E-state index is 13.6. The zero-order valence-electron chi connectivity index (χ0n) is 13.8. The van der Waals surface area contributed by atoms with Gasteiger partial charge in [-0.25, -0.2) is 8.78 Å². The van der Waals surface area contributed by atoms with Gasteiger partial charge in [-0.05, 0) is 31.2 Å². The number of halogens is 2. The molecule has 3 aromatic rings. The van der Waals surface area contributed by atoms with Crippen molar-refractivity contribution in [2.75, 3.05) is 11.9 Å². The number of ether oxygens (including phenoxy) is 1. The molecule has 0 aliphatic rings. The van der Waals surface area contributed by atoms with Gasteiger partial charge in [-0.15, -0.1) is 0 Å². The van der Waals surface area contributed by atoms with E-state index in [2.05, 4.69) is 10.3 Å². The Morgan fingerprint density at radius 2 is 2.04 bits per heavy atom. The minimum atomic E-state index is -0.774. The first-order chi connectivity index (χ1) is 12.5. The Kier molecular flexibility index (Phi) is 4.92. The highest BCUT2D eigenvalue weighted by molar-refractivity contribution is 5.99. The van der Waals surface area contributed by atoms with Crippen molar-refractivity contribution >= 4 is 22.1 Å². The standard InChI is InChI=1S/C18H15F2N3O3/c1-11(10-26-18-5-2-12(19)8-15(18)20)22-16-3-4-17(23(24)25)14-9-21-7-6-13(14)16/h2-9,11,22H,10H2,1H3. The number of pyridine rings is 1. The molecular weight excluding hydrogens is 344 g/mol. The van der Waals surface area contributed by atoms with Gasteiger partial charge in [-0.3, -0.25) is 15.1 Å². The van der Waals surface area contributed by atoms with Crippen molar-refractivity contribution in [3.63, 3.8) is 0 Å². The van der Waals surface area contributed by atoms with E-state index >= 15 is 0 Å². The Morgan fingerprint density at radius 1 is 1.23 bits per heavy atom. The Labute approximate surface area is 147 Å². The van der Waals surface area contributed by atoms with Gasteiger partial charge in [-0.2, -0.15) is 0 Å². The zero-order valence-corrected chi connectivity index (χ0v) is 13.8. The van der Waals surface area contributed by atoms with Crippen LogP contribution in [-0.4, -0.2) is 22.6 Å². The van der Waals surface area contributed by atoms with Crippen LogP contribution in [0.5, 0.6) is 5.75 Å². The minimum absolute atomic E-state index is 0.0315. The molecule has 0 amide bonds. The van der Waals surface area contributed by atoms with Crippen LogP contribution in [0.1, 0.15) is 6.92 Å². The van der Waals surface area contributed by atoms with E-state index < -0.39 is 16.6 Å². The molecule has 26 heavy (non-hydrogen) atoms. The smallest absolute Gasteiger partial charge is 0.278 e. The van der Waals surface area contributed by atoms with Gasteiger partial charge in [0.1, 0.15) is 12.4 Å². The molecule has 6 nitrogen and oxygen atoms in total. The van der Waals surface area contributed by atoms with Crippen molar-refractivity contribution in [2.45, 2.75) is 13.0 Å². The molecule has 1 heterocycles. The van der Waals surface area contributed by atoms with Crippen LogP contribution in [-0.2, 0) is 0 Å². The normalized spacial score (nSPS) is 12.0. The number of rotatable bonds is 6. The predicted molar refractivity (Wildman–Crippen MR) is 93.3 cm³/mol. The first-order valence-electron chi connectivity index (χ1n) is 7.81. The van der Waals surface area contributed by atoms with Crippen LogP contribution in [0.15, 0.2) is 48.8 Å². The van der Waals surface area contributed by atoms with E-state index in [9.17, 15) is 18.9 Å². The van der Waals surface area contributed by atoms with E-state index in [-0.39, 0.29) is 24.1 Å². The number of nitro benzene ring substituents is 1. The van der Waals surface area contributed by atoms with Crippen LogP contribution in [0.2, 0.25) is 0 Å². The summed E-state index contributed by atoms with van der Waals surface area (Å²) in [6, 6.07) is 7.55. The Balaban J connectivity index is 1.76. The number of nitrogens with zero attached hydrogens (tertiary/aromatic N) is 2. The summed E-state index contributed by atoms with van der Waals surface area (Å²) in [5, 5.41) is 15.4. The first kappa shape index (κ1) is 17.5. The van der Waals surface area contributed by atoms with Crippen molar-refractivity contribution in [1.29, 1.82) is 0 Å². The van der Waals surface area contributed by atoms with Gasteiger partial charge >= 0.3 is 0 Å². The summed E-state index contributed by atoms with van der Waals surface area (Å²) < 4.78 is 31.9. The molecule has 1 aromatic heterocycles. The highest BCUT2D eigenvalue weighted by Gasteiger charge is 2.16. The topological polar surface area (TPSA) is 77.3 Å². The highest BCUT2D eigenvalue weighted by Crippen LogP contribution is 2.31. The first-order valence-corrected chi connectivity index (χ1v) is 7.81. The van der Waals surface area contributed by atoms with Crippen LogP contribution in [0.4, 0.5) is 20.2 Å². The van der Waals surface area contributed by atoms with Crippen molar-refractivity contribution in [3.05, 3.63) is 70.5 Å². The zero-order chi connectivity index (χ0) is 18.7. The van der Waals surface area contributed by atoms with Gasteiger partial charge < -0.3 is 10.1 Å². The van der Waals surface area contributed by atoms with E-state index in [0.29, 0.717) is 16.5 Å². The molecule has 0 aliphatic carbocycles. The lowest BCUT2D eigenvalue weighted by atomic mass is 10.1. The van der Waals surface area contributed by atoms with Crippen LogP contribution in [0, 0.1) is 21.7 Å². The Morgan fingerprint density at radius 3 is 2.77 bits per heavy atom. The van der Waals surface area contributed by atoms with E-state index in [1.54, 1.807) is 18.3 Å². The lowest BCUT2D eigenvalue weighted by molar-refractivity contribution is -0.383. The second-order valence-electron chi connectivity index (χ2n) is 5.74. The number of fused-ring (bicyclic) bond motifs is 1. The average Bonchev–Trinajstić information content (AvgIpc) is 2.61. The second kappa shape index (κ2) is 7.30. The molecule has 134 valence electrons. The fourth-order valence-corrected chi connectivity index (χ4v) is 2.57. The van der Waals surface area contributed by atoms with Crippen molar-refractivity contribution in [1.82, 2.24) is 4.98 Å². The highest BCUT2D eigenvalue weighted by atomic mass is 19.1. The summed E-state index contributed by atoms with van der Waals surface area (Å²) in [7, 11) is 0. The number of hydrogen-bond donors (Lipinski definition) is 1. The molecule has 1 atom stereocenters. The molecule has 1 unspecified atom stereocenters. The quantitative estimate of drug-likeness (QED) is 0.524. The van der Waals surface area contributed by atoms with Gasteiger partial charge in [0.15, 0.2) is 11.6 Å². The molecule has 0 saturated carbocycles. The van der Waals surface area contributed by atoms with Crippen LogP contribution < -0.4 is 10.1 Å². The van der Waals surface area contributed by atoms with Gasteiger partial charge in [-0.1, -0.05) is 0 Å². The van der Waals surface area contributed by atoms with Gasteiger partial charge in [0.05, 0.1) is 16.4 Å². The number of non-ortho nitro benzene ring substituents is 1. The fraction of sp³-hybridized carbons (Fsp3) is 0.167.